The lowest BCUT2D eigenvalue weighted by molar-refractivity contribution is 0.134. The fourth-order valence-corrected chi connectivity index (χ4v) is 1.35. The van der Waals surface area contributed by atoms with Crippen LogP contribution in [0.25, 0.3) is 0 Å². The summed E-state index contributed by atoms with van der Waals surface area (Å²) >= 11 is 0. The molecule has 1 N–H and O–H groups in total. The van der Waals surface area contributed by atoms with Gasteiger partial charge in [0.15, 0.2) is 0 Å². The number of rotatable bonds is 5. The van der Waals surface area contributed by atoms with Crippen LogP contribution < -0.4 is 5.32 Å². The van der Waals surface area contributed by atoms with E-state index in [4.69, 9.17) is 4.74 Å². The molecule has 1 rings (SSSR count). The monoisotopic (exact) mass is 169 g/mol. The first-order chi connectivity index (χ1) is 5.83. The minimum absolute atomic E-state index is 0.592. The Morgan fingerprint density at radius 1 is 1.67 bits per heavy atom. The van der Waals surface area contributed by atoms with Gasteiger partial charge in [-0.1, -0.05) is 19.1 Å². The first kappa shape index (κ1) is 9.75. The lowest BCUT2D eigenvalue weighted by Gasteiger charge is -2.10. The van der Waals surface area contributed by atoms with Crippen LogP contribution in [-0.4, -0.2) is 25.8 Å². The summed E-state index contributed by atoms with van der Waals surface area (Å²) in [6.45, 7) is 8.74. The van der Waals surface area contributed by atoms with Gasteiger partial charge >= 0.3 is 0 Å². The molecule has 1 atom stereocenters. The maximum absolute atomic E-state index is 5.51. The predicted octanol–water partition coefficient (Wildman–Crippen LogP) is 1.72. The highest BCUT2D eigenvalue weighted by Crippen LogP contribution is 2.06. The van der Waals surface area contributed by atoms with E-state index in [0.29, 0.717) is 6.04 Å². The van der Waals surface area contributed by atoms with Crippen molar-refractivity contribution in [1.82, 2.24) is 5.32 Å². The summed E-state index contributed by atoms with van der Waals surface area (Å²) in [5, 5.41) is 3.39. The van der Waals surface area contributed by atoms with Crippen molar-refractivity contribution in [2.45, 2.75) is 32.2 Å². The van der Waals surface area contributed by atoms with Crippen molar-refractivity contribution in [3.63, 3.8) is 0 Å². The molecule has 1 aliphatic heterocycles. The molecule has 0 aromatic heterocycles. The molecule has 0 amide bonds. The molecular formula is C10H19NO. The van der Waals surface area contributed by atoms with Gasteiger partial charge in [-0.25, -0.2) is 0 Å². The molecular weight excluding hydrogens is 150 g/mol. The molecule has 1 heterocycles. The fourth-order valence-electron chi connectivity index (χ4n) is 1.35. The van der Waals surface area contributed by atoms with Crippen molar-refractivity contribution in [2.24, 2.45) is 0 Å². The van der Waals surface area contributed by atoms with E-state index in [-0.39, 0.29) is 0 Å². The maximum atomic E-state index is 5.51. The molecule has 0 saturated carbocycles. The molecule has 0 aliphatic carbocycles. The van der Waals surface area contributed by atoms with Crippen molar-refractivity contribution in [1.29, 1.82) is 0 Å². The summed E-state index contributed by atoms with van der Waals surface area (Å²) in [6.07, 6.45) is 3.58. The molecule has 1 fully saturated rings. The van der Waals surface area contributed by atoms with Crippen LogP contribution in [0.15, 0.2) is 12.2 Å². The second kappa shape index (κ2) is 5.33. The quantitative estimate of drug-likeness (QED) is 0.633. The lowest BCUT2D eigenvalue weighted by Crippen LogP contribution is -2.26. The molecule has 1 aliphatic rings. The van der Waals surface area contributed by atoms with Crippen LogP contribution in [0.5, 0.6) is 0 Å². The van der Waals surface area contributed by atoms with Gasteiger partial charge in [0.2, 0.25) is 0 Å². The summed E-state index contributed by atoms with van der Waals surface area (Å²) in [7, 11) is 0. The molecule has 1 unspecified atom stereocenters. The molecule has 12 heavy (non-hydrogen) atoms. The van der Waals surface area contributed by atoms with Gasteiger partial charge in [-0.15, -0.1) is 0 Å². The SMILES string of the molecule is C=C(CC)COCC1CCCN1. The third kappa shape index (κ3) is 3.37. The average molecular weight is 169 g/mol. The number of hydrogen-bond donors (Lipinski definition) is 1. The van der Waals surface area contributed by atoms with Crippen LogP contribution in [0.2, 0.25) is 0 Å². The second-order valence-corrected chi connectivity index (χ2v) is 3.41. The van der Waals surface area contributed by atoms with Gasteiger partial charge in [0.05, 0.1) is 13.2 Å². The van der Waals surface area contributed by atoms with Gasteiger partial charge in [0.25, 0.3) is 0 Å². The van der Waals surface area contributed by atoms with Gasteiger partial charge in [-0.2, -0.15) is 0 Å². The Bertz CT molecular complexity index is 139. The summed E-state index contributed by atoms with van der Waals surface area (Å²) in [6, 6.07) is 0.592. The summed E-state index contributed by atoms with van der Waals surface area (Å²) in [4.78, 5) is 0. The molecule has 0 aromatic rings. The van der Waals surface area contributed by atoms with Gasteiger partial charge in [-0.3, -0.25) is 0 Å². The van der Waals surface area contributed by atoms with Crippen molar-refractivity contribution >= 4 is 0 Å². The van der Waals surface area contributed by atoms with Crippen molar-refractivity contribution in [2.75, 3.05) is 19.8 Å². The Hall–Kier alpha value is -0.340. The van der Waals surface area contributed by atoms with E-state index in [0.717, 1.165) is 26.2 Å². The van der Waals surface area contributed by atoms with Gasteiger partial charge < -0.3 is 10.1 Å². The average Bonchev–Trinajstić information content (AvgIpc) is 2.57. The van der Waals surface area contributed by atoms with E-state index in [1.807, 2.05) is 0 Å². The molecule has 2 nitrogen and oxygen atoms in total. The third-order valence-electron chi connectivity index (χ3n) is 2.29. The zero-order valence-corrected chi connectivity index (χ0v) is 7.94. The first-order valence-electron chi connectivity index (χ1n) is 4.80. The van der Waals surface area contributed by atoms with Crippen molar-refractivity contribution < 1.29 is 4.74 Å². The highest BCUT2D eigenvalue weighted by molar-refractivity contribution is 4.92. The molecule has 70 valence electrons. The minimum atomic E-state index is 0.592. The normalized spacial score (nSPS) is 22.9. The fraction of sp³-hybridized carbons (Fsp3) is 0.800. The molecule has 1 saturated heterocycles. The zero-order chi connectivity index (χ0) is 8.81. The summed E-state index contributed by atoms with van der Waals surface area (Å²) in [5.74, 6) is 0. The van der Waals surface area contributed by atoms with Gasteiger partial charge in [-0.05, 0) is 25.8 Å². The highest BCUT2D eigenvalue weighted by Gasteiger charge is 2.13. The van der Waals surface area contributed by atoms with Crippen LogP contribution in [0.3, 0.4) is 0 Å². The van der Waals surface area contributed by atoms with E-state index >= 15 is 0 Å². The molecule has 0 spiro atoms. The van der Waals surface area contributed by atoms with Gasteiger partial charge in [0.1, 0.15) is 0 Å². The van der Waals surface area contributed by atoms with E-state index in [1.54, 1.807) is 0 Å². The Labute approximate surface area is 75.0 Å². The van der Waals surface area contributed by atoms with Crippen LogP contribution >= 0.6 is 0 Å². The Morgan fingerprint density at radius 2 is 2.50 bits per heavy atom. The predicted molar refractivity (Wildman–Crippen MR) is 51.3 cm³/mol. The summed E-state index contributed by atoms with van der Waals surface area (Å²) < 4.78 is 5.51. The zero-order valence-electron chi connectivity index (χ0n) is 7.94. The van der Waals surface area contributed by atoms with E-state index in [1.165, 1.54) is 18.4 Å². The van der Waals surface area contributed by atoms with Crippen molar-refractivity contribution in [3.05, 3.63) is 12.2 Å². The third-order valence-corrected chi connectivity index (χ3v) is 2.29. The summed E-state index contributed by atoms with van der Waals surface area (Å²) in [5.41, 5.74) is 1.19. The van der Waals surface area contributed by atoms with E-state index in [9.17, 15) is 0 Å². The van der Waals surface area contributed by atoms with Gasteiger partial charge in [0, 0.05) is 6.04 Å². The molecule has 0 radical (unpaired) electrons. The number of ether oxygens (including phenoxy) is 1. The van der Waals surface area contributed by atoms with Crippen LogP contribution in [-0.2, 0) is 4.74 Å². The van der Waals surface area contributed by atoms with Crippen LogP contribution in [0, 0.1) is 0 Å². The smallest absolute Gasteiger partial charge is 0.0674 e. The van der Waals surface area contributed by atoms with Crippen LogP contribution in [0.1, 0.15) is 26.2 Å². The second-order valence-electron chi connectivity index (χ2n) is 3.41. The standard InChI is InChI=1S/C10H19NO/c1-3-9(2)7-12-8-10-5-4-6-11-10/h10-11H,2-8H2,1H3. The Kier molecular flexibility index (Phi) is 4.33. The Morgan fingerprint density at radius 3 is 3.08 bits per heavy atom. The number of nitrogens with one attached hydrogen (secondary N) is 1. The first-order valence-corrected chi connectivity index (χ1v) is 4.80. The van der Waals surface area contributed by atoms with E-state index in [2.05, 4.69) is 18.8 Å². The topological polar surface area (TPSA) is 21.3 Å². The highest BCUT2D eigenvalue weighted by atomic mass is 16.5. The molecule has 0 aromatic carbocycles. The largest absolute Gasteiger partial charge is 0.376 e. The Balaban J connectivity index is 1.97. The molecule has 0 bridgehead atoms. The van der Waals surface area contributed by atoms with Crippen molar-refractivity contribution in [3.8, 4) is 0 Å². The minimum Gasteiger partial charge on any atom is -0.376 e. The molecule has 2 heteroatoms. The lowest BCUT2D eigenvalue weighted by atomic mass is 10.2. The number of hydrogen-bond acceptors (Lipinski definition) is 2. The maximum Gasteiger partial charge on any atom is 0.0674 e. The van der Waals surface area contributed by atoms with Crippen LogP contribution in [0.4, 0.5) is 0 Å². The van der Waals surface area contributed by atoms with E-state index < -0.39 is 0 Å².